The first kappa shape index (κ1) is 13.0. The molecule has 4 aromatic rings. The number of aliphatic hydroxyl groups is 1. The molecule has 22 heavy (non-hydrogen) atoms. The van der Waals surface area contributed by atoms with Crippen molar-refractivity contribution in [2.75, 3.05) is 0 Å². The van der Waals surface area contributed by atoms with Gasteiger partial charge in [0, 0.05) is 25.0 Å². The molecule has 0 radical (unpaired) electrons. The summed E-state index contributed by atoms with van der Waals surface area (Å²) in [6.07, 6.45) is 3.91. The Morgan fingerprint density at radius 3 is 2.82 bits per heavy atom. The van der Waals surface area contributed by atoms with Gasteiger partial charge >= 0.3 is 0 Å². The van der Waals surface area contributed by atoms with Crippen LogP contribution in [-0.4, -0.2) is 24.0 Å². The van der Waals surface area contributed by atoms with Gasteiger partial charge in [-0.1, -0.05) is 6.07 Å². The highest BCUT2D eigenvalue weighted by Gasteiger charge is 2.09. The fourth-order valence-electron chi connectivity index (χ4n) is 2.74. The molecule has 3 aromatic heterocycles. The van der Waals surface area contributed by atoms with E-state index in [2.05, 4.69) is 32.7 Å². The van der Waals surface area contributed by atoms with E-state index in [1.807, 2.05) is 42.9 Å². The Kier molecular flexibility index (Phi) is 2.77. The molecule has 0 fully saturated rings. The number of hydrogen-bond acceptors (Lipinski definition) is 3. The van der Waals surface area contributed by atoms with Crippen LogP contribution in [0.5, 0.6) is 0 Å². The average Bonchev–Trinajstić information content (AvgIpc) is 3.08. The van der Waals surface area contributed by atoms with Crippen molar-refractivity contribution in [3.63, 3.8) is 0 Å². The van der Waals surface area contributed by atoms with Crippen LogP contribution in [0.3, 0.4) is 0 Å². The summed E-state index contributed by atoms with van der Waals surface area (Å²) in [5, 5.41) is 9.22. The highest BCUT2D eigenvalue weighted by molar-refractivity contribution is 5.82. The minimum Gasteiger partial charge on any atom is -0.392 e. The molecule has 110 valence electrons. The van der Waals surface area contributed by atoms with Crippen molar-refractivity contribution in [1.82, 2.24) is 18.9 Å². The van der Waals surface area contributed by atoms with Gasteiger partial charge in [-0.05, 0) is 36.8 Å². The smallest absolute Gasteiger partial charge is 0.137 e. The SMILES string of the molecule is Cc1nc2cc(-c3cn4ccc(CO)cc4n3)ccc2n1C. The third kappa shape index (κ3) is 1.90. The summed E-state index contributed by atoms with van der Waals surface area (Å²) >= 11 is 0. The largest absolute Gasteiger partial charge is 0.392 e. The molecule has 5 heteroatoms. The van der Waals surface area contributed by atoms with Crippen LogP contribution >= 0.6 is 0 Å². The van der Waals surface area contributed by atoms with Gasteiger partial charge in [0.25, 0.3) is 0 Å². The molecule has 0 bridgehead atoms. The summed E-state index contributed by atoms with van der Waals surface area (Å²) in [5.74, 6) is 0.995. The number of aliphatic hydroxyl groups excluding tert-OH is 1. The lowest BCUT2D eigenvalue weighted by atomic mass is 10.1. The molecule has 0 saturated carbocycles. The van der Waals surface area contributed by atoms with Crippen molar-refractivity contribution < 1.29 is 5.11 Å². The van der Waals surface area contributed by atoms with E-state index >= 15 is 0 Å². The number of aromatic nitrogens is 4. The Morgan fingerprint density at radius 1 is 1.14 bits per heavy atom. The first-order chi connectivity index (χ1) is 10.7. The number of pyridine rings is 1. The van der Waals surface area contributed by atoms with E-state index in [4.69, 9.17) is 0 Å². The van der Waals surface area contributed by atoms with Crippen LogP contribution in [0.2, 0.25) is 0 Å². The van der Waals surface area contributed by atoms with Gasteiger partial charge < -0.3 is 14.1 Å². The maximum Gasteiger partial charge on any atom is 0.137 e. The number of aryl methyl sites for hydroxylation is 2. The second kappa shape index (κ2) is 4.68. The van der Waals surface area contributed by atoms with Gasteiger partial charge in [0.2, 0.25) is 0 Å². The first-order valence-corrected chi connectivity index (χ1v) is 7.17. The molecule has 4 rings (SSSR count). The van der Waals surface area contributed by atoms with Gasteiger partial charge in [-0.2, -0.15) is 0 Å². The summed E-state index contributed by atoms with van der Waals surface area (Å²) in [6.45, 7) is 2.03. The van der Waals surface area contributed by atoms with Crippen LogP contribution in [0.1, 0.15) is 11.4 Å². The average molecular weight is 292 g/mol. The lowest BCUT2D eigenvalue weighted by Crippen LogP contribution is -1.89. The van der Waals surface area contributed by atoms with Gasteiger partial charge in [-0.15, -0.1) is 0 Å². The molecule has 0 unspecified atom stereocenters. The highest BCUT2D eigenvalue weighted by atomic mass is 16.3. The lowest BCUT2D eigenvalue weighted by Gasteiger charge is -1.98. The molecule has 0 aliphatic rings. The van der Waals surface area contributed by atoms with E-state index in [-0.39, 0.29) is 6.61 Å². The van der Waals surface area contributed by atoms with Crippen LogP contribution in [0.15, 0.2) is 42.7 Å². The molecular weight excluding hydrogens is 276 g/mol. The molecule has 0 amide bonds. The zero-order valence-corrected chi connectivity index (χ0v) is 12.5. The zero-order valence-electron chi connectivity index (χ0n) is 12.5. The summed E-state index contributed by atoms with van der Waals surface area (Å²) in [4.78, 5) is 9.22. The van der Waals surface area contributed by atoms with Crippen LogP contribution in [0, 0.1) is 6.92 Å². The predicted octanol–water partition coefficient (Wildman–Crippen LogP) is 2.69. The molecular formula is C17H16N4O. The van der Waals surface area contributed by atoms with Crippen molar-refractivity contribution >= 4 is 16.7 Å². The fourth-order valence-corrected chi connectivity index (χ4v) is 2.74. The van der Waals surface area contributed by atoms with Gasteiger partial charge in [0.05, 0.1) is 23.3 Å². The molecule has 5 nitrogen and oxygen atoms in total. The standard InChI is InChI=1S/C17H16N4O/c1-11-18-14-8-13(3-4-16(14)20(11)2)15-9-21-6-5-12(10-22)7-17(21)19-15/h3-9,22H,10H2,1-2H3. The third-order valence-corrected chi connectivity index (χ3v) is 4.11. The Labute approximate surface area is 127 Å². The van der Waals surface area contributed by atoms with Crippen molar-refractivity contribution in [2.24, 2.45) is 7.05 Å². The number of fused-ring (bicyclic) bond motifs is 2. The molecule has 0 aliphatic heterocycles. The van der Waals surface area contributed by atoms with E-state index in [9.17, 15) is 5.11 Å². The molecule has 0 atom stereocenters. The Hall–Kier alpha value is -2.66. The minimum absolute atomic E-state index is 0.0257. The third-order valence-electron chi connectivity index (χ3n) is 4.11. The number of nitrogens with zero attached hydrogens (tertiary/aromatic N) is 4. The Morgan fingerprint density at radius 2 is 2.00 bits per heavy atom. The van der Waals surface area contributed by atoms with E-state index in [0.29, 0.717) is 0 Å². The fraction of sp³-hybridized carbons (Fsp3) is 0.176. The number of rotatable bonds is 2. The van der Waals surface area contributed by atoms with Crippen LogP contribution in [0.25, 0.3) is 27.9 Å². The van der Waals surface area contributed by atoms with E-state index in [1.165, 1.54) is 0 Å². The number of imidazole rings is 2. The van der Waals surface area contributed by atoms with Crippen molar-refractivity contribution in [1.29, 1.82) is 0 Å². The number of benzene rings is 1. The summed E-state index contributed by atoms with van der Waals surface area (Å²) < 4.78 is 4.04. The predicted molar refractivity (Wildman–Crippen MR) is 85.6 cm³/mol. The normalized spacial score (nSPS) is 11.6. The molecule has 0 spiro atoms. The summed E-state index contributed by atoms with van der Waals surface area (Å²) in [7, 11) is 2.02. The maximum atomic E-state index is 9.22. The van der Waals surface area contributed by atoms with Crippen LogP contribution in [0.4, 0.5) is 0 Å². The van der Waals surface area contributed by atoms with Gasteiger partial charge in [-0.25, -0.2) is 9.97 Å². The van der Waals surface area contributed by atoms with E-state index < -0.39 is 0 Å². The van der Waals surface area contributed by atoms with Gasteiger partial charge in [0.1, 0.15) is 11.5 Å². The van der Waals surface area contributed by atoms with Gasteiger partial charge in [-0.3, -0.25) is 0 Å². The highest BCUT2D eigenvalue weighted by Crippen LogP contribution is 2.24. The second-order valence-electron chi connectivity index (χ2n) is 5.51. The van der Waals surface area contributed by atoms with E-state index in [1.54, 1.807) is 0 Å². The van der Waals surface area contributed by atoms with Crippen LogP contribution in [-0.2, 0) is 13.7 Å². The molecule has 3 heterocycles. The van der Waals surface area contributed by atoms with Crippen molar-refractivity contribution in [3.8, 4) is 11.3 Å². The van der Waals surface area contributed by atoms with Crippen molar-refractivity contribution in [2.45, 2.75) is 13.5 Å². The Bertz CT molecular complexity index is 997. The zero-order chi connectivity index (χ0) is 15.3. The second-order valence-corrected chi connectivity index (χ2v) is 5.51. The van der Waals surface area contributed by atoms with Gasteiger partial charge in [0.15, 0.2) is 0 Å². The Balaban J connectivity index is 1.87. The quantitative estimate of drug-likeness (QED) is 0.618. The maximum absolute atomic E-state index is 9.22. The molecule has 0 saturated heterocycles. The number of hydrogen-bond donors (Lipinski definition) is 1. The summed E-state index contributed by atoms with van der Waals surface area (Å²) in [6, 6.07) is 10.00. The summed E-state index contributed by atoms with van der Waals surface area (Å²) in [5.41, 5.74) is 5.73. The molecule has 1 aromatic carbocycles. The first-order valence-electron chi connectivity index (χ1n) is 7.17. The van der Waals surface area contributed by atoms with E-state index in [0.717, 1.165) is 39.3 Å². The molecule has 1 N–H and O–H groups in total. The lowest BCUT2D eigenvalue weighted by molar-refractivity contribution is 0.282. The van der Waals surface area contributed by atoms with Crippen molar-refractivity contribution in [3.05, 3.63) is 54.1 Å². The van der Waals surface area contributed by atoms with Crippen LogP contribution < -0.4 is 0 Å². The minimum atomic E-state index is 0.0257. The molecule has 0 aliphatic carbocycles. The topological polar surface area (TPSA) is 55.4 Å². The monoisotopic (exact) mass is 292 g/mol.